The van der Waals surface area contributed by atoms with Gasteiger partial charge >= 0.3 is 0 Å². The van der Waals surface area contributed by atoms with Crippen molar-refractivity contribution < 1.29 is 0 Å². The molecule has 0 amide bonds. The zero-order valence-corrected chi connectivity index (χ0v) is 7.30. The van der Waals surface area contributed by atoms with Crippen LogP contribution in [0.1, 0.15) is 29.7 Å². The summed E-state index contributed by atoms with van der Waals surface area (Å²) in [6.45, 7) is 2.04. The van der Waals surface area contributed by atoms with E-state index in [1.54, 1.807) is 0 Å². The van der Waals surface area contributed by atoms with Gasteiger partial charge in [-0.3, -0.25) is 0 Å². The first-order chi connectivity index (χ1) is 5.79. The van der Waals surface area contributed by atoms with Crippen LogP contribution in [-0.2, 0) is 12.8 Å². The van der Waals surface area contributed by atoms with Crippen molar-refractivity contribution in [1.82, 2.24) is 10.2 Å². The van der Waals surface area contributed by atoms with Crippen LogP contribution in [0.3, 0.4) is 0 Å². The maximum absolute atomic E-state index is 5.67. The summed E-state index contributed by atoms with van der Waals surface area (Å²) in [5.74, 6) is 0.593. The average molecular weight is 163 g/mol. The summed E-state index contributed by atoms with van der Waals surface area (Å²) in [7, 11) is 0. The van der Waals surface area contributed by atoms with Crippen LogP contribution >= 0.6 is 0 Å². The predicted octanol–water partition coefficient (Wildman–Crippen LogP) is 1.25. The van der Waals surface area contributed by atoms with Crippen molar-refractivity contribution in [3.63, 3.8) is 0 Å². The van der Waals surface area contributed by atoms with Gasteiger partial charge in [-0.05, 0) is 43.7 Å². The van der Waals surface area contributed by atoms with Gasteiger partial charge in [0.1, 0.15) is 5.82 Å². The maximum atomic E-state index is 5.67. The van der Waals surface area contributed by atoms with E-state index >= 15 is 0 Å². The fourth-order valence-corrected chi connectivity index (χ4v) is 1.75. The second kappa shape index (κ2) is 2.73. The van der Waals surface area contributed by atoms with E-state index in [0.29, 0.717) is 5.82 Å². The fraction of sp³-hybridized carbons (Fsp3) is 0.556. The van der Waals surface area contributed by atoms with Crippen LogP contribution < -0.4 is 5.73 Å². The molecule has 1 aromatic rings. The van der Waals surface area contributed by atoms with Crippen LogP contribution in [0, 0.1) is 6.92 Å². The van der Waals surface area contributed by atoms with Crippen LogP contribution in [0.4, 0.5) is 5.82 Å². The molecule has 2 rings (SSSR count). The monoisotopic (exact) mass is 163 g/mol. The Morgan fingerprint density at radius 2 is 1.92 bits per heavy atom. The minimum Gasteiger partial charge on any atom is -0.382 e. The summed E-state index contributed by atoms with van der Waals surface area (Å²) in [5, 5.41) is 8.02. The Balaban J connectivity index is 2.54. The quantitative estimate of drug-likeness (QED) is 0.626. The molecule has 1 aliphatic rings. The molecule has 1 heterocycles. The second-order valence-electron chi connectivity index (χ2n) is 3.34. The lowest BCUT2D eigenvalue weighted by atomic mass is 9.93. The van der Waals surface area contributed by atoms with Gasteiger partial charge in [-0.1, -0.05) is 0 Å². The molecule has 0 saturated carbocycles. The zero-order chi connectivity index (χ0) is 8.55. The Bertz CT molecular complexity index is 307. The van der Waals surface area contributed by atoms with Gasteiger partial charge in [0.15, 0.2) is 0 Å². The molecule has 0 unspecified atom stereocenters. The van der Waals surface area contributed by atoms with Gasteiger partial charge in [0.05, 0.1) is 5.69 Å². The number of nitrogens with two attached hydrogens (primary N) is 1. The molecular formula is C9H13N3. The molecule has 0 saturated heterocycles. The number of aryl methyl sites for hydroxylation is 1. The van der Waals surface area contributed by atoms with E-state index in [4.69, 9.17) is 5.73 Å². The number of fused-ring (bicyclic) bond motifs is 1. The molecule has 2 N–H and O–H groups in total. The normalized spacial score (nSPS) is 15.8. The molecule has 0 fully saturated rings. The van der Waals surface area contributed by atoms with E-state index in [2.05, 4.69) is 10.2 Å². The van der Waals surface area contributed by atoms with E-state index in [1.807, 2.05) is 6.92 Å². The minimum atomic E-state index is 0.593. The van der Waals surface area contributed by atoms with E-state index < -0.39 is 0 Å². The van der Waals surface area contributed by atoms with E-state index in [-0.39, 0.29) is 0 Å². The molecule has 1 aliphatic carbocycles. The van der Waals surface area contributed by atoms with Crippen molar-refractivity contribution in [2.45, 2.75) is 32.6 Å². The van der Waals surface area contributed by atoms with Crippen molar-refractivity contribution in [2.75, 3.05) is 5.73 Å². The smallest absolute Gasteiger partial charge is 0.149 e. The standard InChI is InChI=1S/C9H13N3/c1-6-7-4-2-3-5-8(7)11-12-9(6)10/h2-5H2,1H3,(H2,10,12). The fourth-order valence-electron chi connectivity index (χ4n) is 1.75. The highest BCUT2D eigenvalue weighted by molar-refractivity contribution is 5.44. The second-order valence-corrected chi connectivity index (χ2v) is 3.34. The SMILES string of the molecule is Cc1c(N)nnc2c1CCCC2. The Hall–Kier alpha value is -1.12. The number of anilines is 1. The molecule has 12 heavy (non-hydrogen) atoms. The molecular weight excluding hydrogens is 150 g/mol. The first-order valence-corrected chi connectivity index (χ1v) is 4.39. The van der Waals surface area contributed by atoms with Crippen molar-refractivity contribution in [2.24, 2.45) is 0 Å². The third-order valence-electron chi connectivity index (χ3n) is 2.55. The molecule has 0 bridgehead atoms. The molecule has 64 valence electrons. The van der Waals surface area contributed by atoms with E-state index in [0.717, 1.165) is 24.1 Å². The first-order valence-electron chi connectivity index (χ1n) is 4.39. The number of nitrogen functional groups attached to an aromatic ring is 1. The summed E-state index contributed by atoms with van der Waals surface area (Å²) in [5.41, 5.74) is 9.31. The average Bonchev–Trinajstić information content (AvgIpc) is 2.12. The highest BCUT2D eigenvalue weighted by Crippen LogP contribution is 2.23. The summed E-state index contributed by atoms with van der Waals surface area (Å²) < 4.78 is 0. The Morgan fingerprint density at radius 1 is 1.17 bits per heavy atom. The third kappa shape index (κ3) is 1.05. The van der Waals surface area contributed by atoms with Crippen LogP contribution in [0.2, 0.25) is 0 Å². The Morgan fingerprint density at radius 3 is 2.75 bits per heavy atom. The number of nitrogens with zero attached hydrogens (tertiary/aromatic N) is 2. The topological polar surface area (TPSA) is 51.8 Å². The molecule has 0 radical (unpaired) electrons. The van der Waals surface area contributed by atoms with Crippen LogP contribution in [0.15, 0.2) is 0 Å². The van der Waals surface area contributed by atoms with Crippen molar-refractivity contribution in [3.05, 3.63) is 16.8 Å². The van der Waals surface area contributed by atoms with E-state index in [9.17, 15) is 0 Å². The number of hydrogen-bond donors (Lipinski definition) is 1. The molecule has 0 atom stereocenters. The number of aromatic nitrogens is 2. The molecule has 1 aromatic heterocycles. The highest BCUT2D eigenvalue weighted by atomic mass is 15.1. The summed E-state index contributed by atoms with van der Waals surface area (Å²) in [4.78, 5) is 0. The lowest BCUT2D eigenvalue weighted by Gasteiger charge is -2.16. The van der Waals surface area contributed by atoms with Crippen LogP contribution in [0.5, 0.6) is 0 Å². The summed E-state index contributed by atoms with van der Waals surface area (Å²) in [6.07, 6.45) is 4.70. The Kier molecular flexibility index (Phi) is 1.71. The molecule has 3 nitrogen and oxygen atoms in total. The van der Waals surface area contributed by atoms with Gasteiger partial charge in [-0.15, -0.1) is 5.10 Å². The number of hydrogen-bond acceptors (Lipinski definition) is 3. The van der Waals surface area contributed by atoms with Crippen LogP contribution in [0.25, 0.3) is 0 Å². The van der Waals surface area contributed by atoms with Gasteiger partial charge in [-0.2, -0.15) is 5.10 Å². The molecule has 3 heteroatoms. The van der Waals surface area contributed by atoms with Gasteiger partial charge in [0.2, 0.25) is 0 Å². The number of rotatable bonds is 0. The molecule has 0 aromatic carbocycles. The largest absolute Gasteiger partial charge is 0.382 e. The molecule has 0 aliphatic heterocycles. The zero-order valence-electron chi connectivity index (χ0n) is 7.30. The summed E-state index contributed by atoms with van der Waals surface area (Å²) >= 11 is 0. The van der Waals surface area contributed by atoms with Crippen molar-refractivity contribution in [1.29, 1.82) is 0 Å². The van der Waals surface area contributed by atoms with Crippen molar-refractivity contribution >= 4 is 5.82 Å². The lowest BCUT2D eigenvalue weighted by Crippen LogP contribution is -2.11. The van der Waals surface area contributed by atoms with Gasteiger partial charge in [0.25, 0.3) is 0 Å². The summed E-state index contributed by atoms with van der Waals surface area (Å²) in [6, 6.07) is 0. The maximum Gasteiger partial charge on any atom is 0.149 e. The predicted molar refractivity (Wildman–Crippen MR) is 47.8 cm³/mol. The van der Waals surface area contributed by atoms with Crippen LogP contribution in [-0.4, -0.2) is 10.2 Å². The first kappa shape index (κ1) is 7.53. The highest BCUT2D eigenvalue weighted by Gasteiger charge is 2.14. The Labute approximate surface area is 72.0 Å². The van der Waals surface area contributed by atoms with Gasteiger partial charge in [0, 0.05) is 0 Å². The lowest BCUT2D eigenvalue weighted by molar-refractivity contribution is 0.651. The third-order valence-corrected chi connectivity index (χ3v) is 2.55. The van der Waals surface area contributed by atoms with Crippen molar-refractivity contribution in [3.8, 4) is 0 Å². The van der Waals surface area contributed by atoms with Gasteiger partial charge < -0.3 is 5.73 Å². The molecule has 0 spiro atoms. The van der Waals surface area contributed by atoms with Gasteiger partial charge in [-0.25, -0.2) is 0 Å². The van der Waals surface area contributed by atoms with E-state index in [1.165, 1.54) is 18.4 Å². The minimum absolute atomic E-state index is 0.593.